The van der Waals surface area contributed by atoms with Crippen LogP contribution in [-0.2, 0) is 4.79 Å². The van der Waals surface area contributed by atoms with E-state index in [2.05, 4.69) is 12.2 Å². The Morgan fingerprint density at radius 1 is 1.78 bits per heavy atom. The molecule has 0 bridgehead atoms. The first-order chi connectivity index (χ1) is 4.20. The van der Waals surface area contributed by atoms with E-state index in [9.17, 15) is 4.79 Å². The summed E-state index contributed by atoms with van der Waals surface area (Å²) >= 11 is 1.67. The Bertz CT molecular complexity index is 91.1. The molecule has 2 nitrogen and oxygen atoms in total. The van der Waals surface area contributed by atoms with Gasteiger partial charge in [-0.25, -0.2) is 0 Å². The van der Waals surface area contributed by atoms with Gasteiger partial charge in [-0.2, -0.15) is 0 Å². The van der Waals surface area contributed by atoms with Crippen LogP contribution in [0.15, 0.2) is 0 Å². The van der Waals surface area contributed by atoms with E-state index in [0.29, 0.717) is 5.37 Å². The highest BCUT2D eigenvalue weighted by Crippen LogP contribution is 2.05. The molecule has 9 heavy (non-hydrogen) atoms. The molecule has 0 aliphatic rings. The number of hydrogen-bond acceptors (Lipinski definition) is 2. The summed E-state index contributed by atoms with van der Waals surface area (Å²) in [6.07, 6.45) is 2.98. The highest BCUT2D eigenvalue weighted by Gasteiger charge is 2.02. The molecule has 0 rings (SSSR count). The summed E-state index contributed by atoms with van der Waals surface area (Å²) in [6, 6.07) is 0. The van der Waals surface area contributed by atoms with Crippen LogP contribution in [0.25, 0.3) is 0 Å². The molecule has 0 aromatic heterocycles. The smallest absolute Gasteiger partial charge is 0.217 e. The van der Waals surface area contributed by atoms with Crippen LogP contribution in [0.1, 0.15) is 20.3 Å². The van der Waals surface area contributed by atoms with Crippen LogP contribution in [0.5, 0.6) is 0 Å². The Labute approximate surface area is 60.4 Å². The summed E-state index contributed by atoms with van der Waals surface area (Å²) in [5.41, 5.74) is 0. The highest BCUT2D eigenvalue weighted by atomic mass is 32.2. The standard InChI is InChI=1S/C6H13NOS/c1-4-6(9-3)7-5(2)8/h6H,4H2,1-3H3,(H,7,8). The van der Waals surface area contributed by atoms with Crippen LogP contribution in [-0.4, -0.2) is 17.5 Å². The normalized spacial score (nSPS) is 12.8. The van der Waals surface area contributed by atoms with Crippen molar-refractivity contribution in [3.8, 4) is 0 Å². The highest BCUT2D eigenvalue weighted by molar-refractivity contribution is 7.99. The second kappa shape index (κ2) is 4.68. The Morgan fingerprint density at radius 2 is 2.33 bits per heavy atom. The first kappa shape index (κ1) is 8.82. The van der Waals surface area contributed by atoms with Crippen molar-refractivity contribution in [2.24, 2.45) is 0 Å². The van der Waals surface area contributed by atoms with Crippen molar-refractivity contribution >= 4 is 17.7 Å². The number of hydrogen-bond donors (Lipinski definition) is 1. The Balaban J connectivity index is 3.43. The monoisotopic (exact) mass is 147 g/mol. The van der Waals surface area contributed by atoms with Crippen molar-refractivity contribution in [3.05, 3.63) is 0 Å². The predicted octanol–water partition coefficient (Wildman–Crippen LogP) is 1.22. The molecule has 0 fully saturated rings. The molecule has 0 aliphatic carbocycles. The molecule has 0 radical (unpaired) electrons. The number of carbonyl (C=O) groups is 1. The molecule has 0 saturated heterocycles. The van der Waals surface area contributed by atoms with E-state index < -0.39 is 0 Å². The van der Waals surface area contributed by atoms with Gasteiger partial charge >= 0.3 is 0 Å². The summed E-state index contributed by atoms with van der Waals surface area (Å²) in [7, 11) is 0. The maximum atomic E-state index is 10.4. The van der Waals surface area contributed by atoms with Crippen molar-refractivity contribution in [3.63, 3.8) is 0 Å². The van der Waals surface area contributed by atoms with E-state index in [0.717, 1.165) is 6.42 Å². The summed E-state index contributed by atoms with van der Waals surface area (Å²) < 4.78 is 0. The van der Waals surface area contributed by atoms with Crippen LogP contribution in [0.3, 0.4) is 0 Å². The minimum Gasteiger partial charge on any atom is -0.345 e. The molecule has 3 heteroatoms. The molecule has 0 aromatic carbocycles. The number of amides is 1. The molecule has 1 atom stereocenters. The lowest BCUT2D eigenvalue weighted by molar-refractivity contribution is -0.119. The minimum atomic E-state index is 0.0520. The maximum Gasteiger partial charge on any atom is 0.217 e. The van der Waals surface area contributed by atoms with Gasteiger partial charge in [-0.1, -0.05) is 6.92 Å². The molecule has 0 aliphatic heterocycles. The van der Waals surface area contributed by atoms with E-state index in [1.165, 1.54) is 0 Å². The van der Waals surface area contributed by atoms with Crippen LogP contribution in [0.2, 0.25) is 0 Å². The van der Waals surface area contributed by atoms with Crippen molar-refractivity contribution in [1.82, 2.24) is 5.32 Å². The largest absolute Gasteiger partial charge is 0.345 e. The van der Waals surface area contributed by atoms with Gasteiger partial charge in [0.15, 0.2) is 0 Å². The Morgan fingerprint density at radius 3 is 2.44 bits per heavy atom. The quantitative estimate of drug-likeness (QED) is 0.608. The topological polar surface area (TPSA) is 29.1 Å². The molecule has 1 amide bonds. The van der Waals surface area contributed by atoms with Gasteiger partial charge in [0.1, 0.15) is 0 Å². The van der Waals surface area contributed by atoms with E-state index in [1.54, 1.807) is 18.7 Å². The third kappa shape index (κ3) is 4.33. The third-order valence-electron chi connectivity index (χ3n) is 1.02. The number of thioether (sulfide) groups is 1. The van der Waals surface area contributed by atoms with E-state index in [-0.39, 0.29) is 5.91 Å². The predicted molar refractivity (Wildman–Crippen MR) is 41.4 cm³/mol. The number of rotatable bonds is 3. The third-order valence-corrected chi connectivity index (χ3v) is 2.04. The van der Waals surface area contributed by atoms with Crippen molar-refractivity contribution < 1.29 is 4.79 Å². The molecular formula is C6H13NOS. The molecule has 0 aromatic rings. The van der Waals surface area contributed by atoms with Crippen molar-refractivity contribution in [2.75, 3.05) is 6.26 Å². The van der Waals surface area contributed by atoms with Gasteiger partial charge in [-0.15, -0.1) is 11.8 Å². The van der Waals surface area contributed by atoms with Gasteiger partial charge in [-0.3, -0.25) is 4.79 Å². The lowest BCUT2D eigenvalue weighted by Crippen LogP contribution is -2.29. The lowest BCUT2D eigenvalue weighted by Gasteiger charge is -2.11. The van der Waals surface area contributed by atoms with Crippen LogP contribution in [0.4, 0.5) is 0 Å². The Kier molecular flexibility index (Phi) is 4.58. The van der Waals surface area contributed by atoms with Crippen molar-refractivity contribution in [1.29, 1.82) is 0 Å². The van der Waals surface area contributed by atoms with Gasteiger partial charge in [0.2, 0.25) is 5.91 Å². The average molecular weight is 147 g/mol. The first-order valence-corrected chi connectivity index (χ1v) is 4.29. The zero-order valence-electron chi connectivity index (χ0n) is 6.10. The van der Waals surface area contributed by atoms with E-state index in [4.69, 9.17) is 0 Å². The van der Waals surface area contributed by atoms with Crippen LogP contribution in [0, 0.1) is 0 Å². The molecule has 54 valence electrons. The Hall–Kier alpha value is -0.180. The number of carbonyl (C=O) groups excluding carboxylic acids is 1. The van der Waals surface area contributed by atoms with E-state index >= 15 is 0 Å². The van der Waals surface area contributed by atoms with Gasteiger partial charge in [0, 0.05) is 6.92 Å². The van der Waals surface area contributed by atoms with Crippen LogP contribution >= 0.6 is 11.8 Å². The zero-order valence-corrected chi connectivity index (χ0v) is 6.92. The average Bonchev–Trinajstić information content (AvgIpc) is 1.82. The fourth-order valence-corrected chi connectivity index (χ4v) is 1.17. The molecule has 0 saturated carbocycles. The maximum absolute atomic E-state index is 10.4. The van der Waals surface area contributed by atoms with Crippen LogP contribution < -0.4 is 5.32 Å². The minimum absolute atomic E-state index is 0.0520. The summed E-state index contributed by atoms with van der Waals surface area (Å²) in [4.78, 5) is 10.4. The fourth-order valence-electron chi connectivity index (χ4n) is 0.554. The van der Waals surface area contributed by atoms with Crippen molar-refractivity contribution in [2.45, 2.75) is 25.6 Å². The second-order valence-corrected chi connectivity index (χ2v) is 2.87. The number of nitrogens with one attached hydrogen (secondary N) is 1. The first-order valence-electron chi connectivity index (χ1n) is 3.00. The summed E-state index contributed by atoms with van der Waals surface area (Å²) in [5, 5.41) is 3.10. The molecule has 0 spiro atoms. The zero-order chi connectivity index (χ0) is 7.28. The van der Waals surface area contributed by atoms with E-state index in [1.807, 2.05) is 6.26 Å². The lowest BCUT2D eigenvalue weighted by atomic mass is 10.5. The van der Waals surface area contributed by atoms with Gasteiger partial charge < -0.3 is 5.32 Å². The molecular weight excluding hydrogens is 134 g/mol. The molecule has 1 unspecified atom stereocenters. The van der Waals surface area contributed by atoms with Gasteiger partial charge in [0.05, 0.1) is 5.37 Å². The molecule has 0 heterocycles. The van der Waals surface area contributed by atoms with Gasteiger partial charge in [-0.05, 0) is 12.7 Å². The summed E-state index contributed by atoms with van der Waals surface area (Å²) in [6.45, 7) is 3.59. The van der Waals surface area contributed by atoms with Gasteiger partial charge in [0.25, 0.3) is 0 Å². The molecule has 1 N–H and O–H groups in total. The fraction of sp³-hybridized carbons (Fsp3) is 0.833. The second-order valence-electron chi connectivity index (χ2n) is 1.83. The SMILES string of the molecule is CCC(NC(C)=O)SC. The summed E-state index contributed by atoms with van der Waals surface area (Å²) in [5.74, 6) is 0.0520.